The van der Waals surface area contributed by atoms with Crippen molar-refractivity contribution in [1.82, 2.24) is 25.0 Å². The lowest BCUT2D eigenvalue weighted by molar-refractivity contribution is 0.0698. The standard InChI is InChI=1S/C15H19N5O3S/c1-24(22,23)18-12-8-5-9-20(10-12)15(21)14-13(16-19-17-14)11-6-3-2-4-7-11/h2-4,6-7,12,18H,5,8-10H2,1H3,(H,16,17,19). The summed E-state index contributed by atoms with van der Waals surface area (Å²) in [5.74, 6) is -0.248. The number of likely N-dealkylation sites (tertiary alicyclic amines) is 1. The predicted molar refractivity (Wildman–Crippen MR) is 88.7 cm³/mol. The Morgan fingerprint density at radius 2 is 2.04 bits per heavy atom. The zero-order chi connectivity index (χ0) is 17.2. The molecule has 1 aliphatic heterocycles. The number of aromatic nitrogens is 3. The molecule has 0 spiro atoms. The summed E-state index contributed by atoms with van der Waals surface area (Å²) in [5.41, 5.74) is 1.55. The maximum Gasteiger partial charge on any atom is 0.276 e. The first-order valence-corrected chi connectivity index (χ1v) is 9.56. The van der Waals surface area contributed by atoms with Crippen LogP contribution in [0.2, 0.25) is 0 Å². The summed E-state index contributed by atoms with van der Waals surface area (Å²) in [6.45, 7) is 0.898. The van der Waals surface area contributed by atoms with Crippen molar-refractivity contribution in [2.24, 2.45) is 0 Å². The van der Waals surface area contributed by atoms with Crippen LogP contribution in [0.25, 0.3) is 11.3 Å². The number of nitrogens with zero attached hydrogens (tertiary/aromatic N) is 3. The molecule has 1 aromatic heterocycles. The fourth-order valence-corrected chi connectivity index (χ4v) is 3.69. The van der Waals surface area contributed by atoms with Crippen LogP contribution in [-0.4, -0.2) is 60.0 Å². The third kappa shape index (κ3) is 3.80. The summed E-state index contributed by atoms with van der Waals surface area (Å²) in [6.07, 6.45) is 2.57. The Balaban J connectivity index is 1.79. The Labute approximate surface area is 140 Å². The molecule has 0 bridgehead atoms. The van der Waals surface area contributed by atoms with E-state index < -0.39 is 10.0 Å². The van der Waals surface area contributed by atoms with Crippen LogP contribution >= 0.6 is 0 Å². The van der Waals surface area contributed by atoms with Gasteiger partial charge in [0.15, 0.2) is 5.69 Å². The number of rotatable bonds is 4. The second-order valence-electron chi connectivity index (χ2n) is 5.87. The summed E-state index contributed by atoms with van der Waals surface area (Å²) < 4.78 is 25.4. The van der Waals surface area contributed by atoms with Crippen LogP contribution in [0.15, 0.2) is 30.3 Å². The minimum absolute atomic E-state index is 0.248. The van der Waals surface area contributed by atoms with Crippen LogP contribution in [0.3, 0.4) is 0 Å². The second kappa shape index (κ2) is 6.70. The van der Waals surface area contributed by atoms with Gasteiger partial charge in [-0.25, -0.2) is 13.1 Å². The van der Waals surface area contributed by atoms with Crippen molar-refractivity contribution >= 4 is 15.9 Å². The highest BCUT2D eigenvalue weighted by molar-refractivity contribution is 7.88. The highest BCUT2D eigenvalue weighted by atomic mass is 32.2. The second-order valence-corrected chi connectivity index (χ2v) is 7.65. The van der Waals surface area contributed by atoms with E-state index in [2.05, 4.69) is 20.1 Å². The van der Waals surface area contributed by atoms with Crippen molar-refractivity contribution in [3.8, 4) is 11.3 Å². The van der Waals surface area contributed by atoms with E-state index in [-0.39, 0.29) is 17.6 Å². The van der Waals surface area contributed by atoms with Crippen molar-refractivity contribution in [2.45, 2.75) is 18.9 Å². The molecule has 2 aromatic rings. The zero-order valence-corrected chi connectivity index (χ0v) is 14.1. The number of sulfonamides is 1. The molecule has 1 unspecified atom stereocenters. The molecule has 1 saturated heterocycles. The molecule has 1 aliphatic rings. The number of hydrogen-bond donors (Lipinski definition) is 2. The molecule has 0 aliphatic carbocycles. The number of benzene rings is 1. The van der Waals surface area contributed by atoms with E-state index in [1.165, 1.54) is 0 Å². The predicted octanol–water partition coefficient (Wildman–Crippen LogP) is 0.625. The van der Waals surface area contributed by atoms with E-state index >= 15 is 0 Å². The largest absolute Gasteiger partial charge is 0.336 e. The Morgan fingerprint density at radius 1 is 1.29 bits per heavy atom. The summed E-state index contributed by atoms with van der Waals surface area (Å²) in [4.78, 5) is 14.4. The third-order valence-corrected chi connectivity index (χ3v) is 4.65. The van der Waals surface area contributed by atoms with Crippen LogP contribution in [-0.2, 0) is 10.0 Å². The number of carbonyl (C=O) groups excluding carboxylic acids is 1. The first-order valence-electron chi connectivity index (χ1n) is 7.67. The van der Waals surface area contributed by atoms with Crippen molar-refractivity contribution in [3.05, 3.63) is 36.0 Å². The molecule has 8 nitrogen and oxygen atoms in total. The minimum Gasteiger partial charge on any atom is -0.336 e. The van der Waals surface area contributed by atoms with Gasteiger partial charge in [-0.1, -0.05) is 30.3 Å². The maximum absolute atomic E-state index is 12.8. The molecular formula is C15H19N5O3S. The SMILES string of the molecule is CS(=O)(=O)NC1CCCN(C(=O)c2n[nH]nc2-c2ccccc2)C1. The molecule has 2 heterocycles. The van der Waals surface area contributed by atoms with Crippen molar-refractivity contribution < 1.29 is 13.2 Å². The lowest BCUT2D eigenvalue weighted by Crippen LogP contribution is -2.49. The quantitative estimate of drug-likeness (QED) is 0.841. The molecule has 1 fully saturated rings. The molecule has 1 atom stereocenters. The number of H-pyrrole nitrogens is 1. The Morgan fingerprint density at radius 3 is 2.75 bits per heavy atom. The summed E-state index contributed by atoms with van der Waals surface area (Å²) in [6, 6.07) is 9.07. The lowest BCUT2D eigenvalue weighted by Gasteiger charge is -2.32. The van der Waals surface area contributed by atoms with Gasteiger partial charge in [0, 0.05) is 24.7 Å². The van der Waals surface area contributed by atoms with E-state index in [4.69, 9.17) is 0 Å². The fourth-order valence-electron chi connectivity index (χ4n) is 2.89. The van der Waals surface area contributed by atoms with Gasteiger partial charge in [-0.3, -0.25) is 4.79 Å². The van der Waals surface area contributed by atoms with Crippen LogP contribution in [0.4, 0.5) is 0 Å². The van der Waals surface area contributed by atoms with Crippen LogP contribution in [0.1, 0.15) is 23.3 Å². The minimum atomic E-state index is -3.30. The van der Waals surface area contributed by atoms with Crippen LogP contribution in [0, 0.1) is 0 Å². The normalized spacial score (nSPS) is 18.5. The topological polar surface area (TPSA) is 108 Å². The first-order chi connectivity index (χ1) is 11.4. The Kier molecular flexibility index (Phi) is 4.63. The van der Waals surface area contributed by atoms with E-state index in [0.717, 1.165) is 18.2 Å². The van der Waals surface area contributed by atoms with Gasteiger partial charge in [0.05, 0.1) is 6.26 Å². The number of piperidine rings is 1. The van der Waals surface area contributed by atoms with Crippen molar-refractivity contribution in [1.29, 1.82) is 0 Å². The van der Waals surface area contributed by atoms with Gasteiger partial charge in [0.1, 0.15) is 5.69 Å². The van der Waals surface area contributed by atoms with Gasteiger partial charge in [0.25, 0.3) is 5.91 Å². The van der Waals surface area contributed by atoms with Gasteiger partial charge in [-0.15, -0.1) is 0 Å². The number of aromatic amines is 1. The number of carbonyl (C=O) groups is 1. The molecular weight excluding hydrogens is 330 g/mol. The van der Waals surface area contributed by atoms with Crippen molar-refractivity contribution in [3.63, 3.8) is 0 Å². The number of hydrogen-bond acceptors (Lipinski definition) is 5. The number of amides is 1. The van der Waals surface area contributed by atoms with Crippen LogP contribution in [0.5, 0.6) is 0 Å². The van der Waals surface area contributed by atoms with E-state index in [0.29, 0.717) is 25.2 Å². The van der Waals surface area contributed by atoms with Gasteiger partial charge in [-0.2, -0.15) is 15.4 Å². The highest BCUT2D eigenvalue weighted by Gasteiger charge is 2.29. The first kappa shape index (κ1) is 16.6. The van der Waals surface area contributed by atoms with Gasteiger partial charge >= 0.3 is 0 Å². The molecule has 2 N–H and O–H groups in total. The van der Waals surface area contributed by atoms with Gasteiger partial charge < -0.3 is 4.90 Å². The lowest BCUT2D eigenvalue weighted by atomic mass is 10.1. The van der Waals surface area contributed by atoms with E-state index in [9.17, 15) is 13.2 Å². The zero-order valence-electron chi connectivity index (χ0n) is 13.3. The average molecular weight is 349 g/mol. The van der Waals surface area contributed by atoms with Crippen molar-refractivity contribution in [2.75, 3.05) is 19.3 Å². The molecule has 9 heteroatoms. The smallest absolute Gasteiger partial charge is 0.276 e. The number of nitrogens with one attached hydrogen (secondary N) is 2. The highest BCUT2D eigenvalue weighted by Crippen LogP contribution is 2.22. The van der Waals surface area contributed by atoms with Crippen LogP contribution < -0.4 is 4.72 Å². The molecule has 1 amide bonds. The summed E-state index contributed by atoms with van der Waals surface area (Å²) in [7, 11) is -3.30. The molecule has 3 rings (SSSR count). The summed E-state index contributed by atoms with van der Waals surface area (Å²) in [5, 5.41) is 10.6. The van der Waals surface area contributed by atoms with E-state index in [1.54, 1.807) is 4.90 Å². The van der Waals surface area contributed by atoms with E-state index in [1.807, 2.05) is 30.3 Å². The molecule has 1 aromatic carbocycles. The molecule has 24 heavy (non-hydrogen) atoms. The third-order valence-electron chi connectivity index (χ3n) is 3.89. The Hall–Kier alpha value is -2.26. The summed E-state index contributed by atoms with van der Waals surface area (Å²) >= 11 is 0. The monoisotopic (exact) mass is 349 g/mol. The Bertz CT molecular complexity index is 819. The average Bonchev–Trinajstić information content (AvgIpc) is 3.03. The fraction of sp³-hybridized carbons (Fsp3) is 0.400. The van der Waals surface area contributed by atoms with Gasteiger partial charge in [0.2, 0.25) is 10.0 Å². The molecule has 0 saturated carbocycles. The maximum atomic E-state index is 12.8. The van der Waals surface area contributed by atoms with Gasteiger partial charge in [-0.05, 0) is 12.8 Å². The molecule has 128 valence electrons. The molecule has 0 radical (unpaired) electrons.